The number of rotatable bonds is 5. The summed E-state index contributed by atoms with van der Waals surface area (Å²) in [5, 5.41) is 10.1. The van der Waals surface area contributed by atoms with Gasteiger partial charge in [-0.1, -0.05) is 6.07 Å². The largest absolute Gasteiger partial charge is 0.508 e. The molecule has 0 aliphatic rings. The predicted molar refractivity (Wildman–Crippen MR) is 84.3 cm³/mol. The fourth-order valence-electron chi connectivity index (χ4n) is 2.38. The second-order valence-corrected chi connectivity index (χ2v) is 5.25. The summed E-state index contributed by atoms with van der Waals surface area (Å²) in [6.07, 6.45) is 1.48. The van der Waals surface area contributed by atoms with E-state index in [2.05, 4.69) is 0 Å². The molecule has 124 valence electrons. The SMILES string of the molecule is COc1ccc(COC(=O)Cc2coc3cc(O)ccc23)cc1F. The summed E-state index contributed by atoms with van der Waals surface area (Å²) in [7, 11) is 1.38. The Morgan fingerprint density at radius 2 is 2.08 bits per heavy atom. The van der Waals surface area contributed by atoms with Crippen molar-refractivity contribution in [1.82, 2.24) is 0 Å². The molecule has 1 heterocycles. The van der Waals surface area contributed by atoms with Crippen LogP contribution in [0.1, 0.15) is 11.1 Å². The lowest BCUT2D eigenvalue weighted by Crippen LogP contribution is -2.08. The second kappa shape index (κ2) is 6.62. The molecule has 0 saturated heterocycles. The Balaban J connectivity index is 1.64. The van der Waals surface area contributed by atoms with Crippen LogP contribution >= 0.6 is 0 Å². The number of aromatic hydroxyl groups is 1. The molecule has 6 heteroatoms. The van der Waals surface area contributed by atoms with Gasteiger partial charge in [-0.05, 0) is 29.8 Å². The minimum atomic E-state index is -0.508. The lowest BCUT2D eigenvalue weighted by Gasteiger charge is -2.06. The van der Waals surface area contributed by atoms with Crippen LogP contribution in [0.25, 0.3) is 11.0 Å². The molecular weight excluding hydrogens is 315 g/mol. The zero-order chi connectivity index (χ0) is 17.1. The van der Waals surface area contributed by atoms with E-state index in [0.29, 0.717) is 16.7 Å². The van der Waals surface area contributed by atoms with Crippen molar-refractivity contribution in [2.75, 3.05) is 7.11 Å². The van der Waals surface area contributed by atoms with Crippen molar-refractivity contribution in [2.45, 2.75) is 13.0 Å². The van der Waals surface area contributed by atoms with Gasteiger partial charge in [0.05, 0.1) is 19.8 Å². The van der Waals surface area contributed by atoms with E-state index < -0.39 is 11.8 Å². The predicted octanol–water partition coefficient (Wildman–Crippen LogP) is 3.57. The summed E-state index contributed by atoms with van der Waals surface area (Å²) in [5.41, 5.74) is 1.69. The summed E-state index contributed by atoms with van der Waals surface area (Å²) in [4.78, 5) is 12.0. The van der Waals surface area contributed by atoms with Gasteiger partial charge < -0.3 is 19.0 Å². The van der Waals surface area contributed by atoms with Crippen molar-refractivity contribution in [3.8, 4) is 11.5 Å². The van der Waals surface area contributed by atoms with Gasteiger partial charge in [-0.3, -0.25) is 4.79 Å². The number of esters is 1. The van der Waals surface area contributed by atoms with Crippen molar-refractivity contribution in [3.63, 3.8) is 0 Å². The summed E-state index contributed by atoms with van der Waals surface area (Å²) in [6.45, 7) is -0.0314. The van der Waals surface area contributed by atoms with Crippen LogP contribution in [0, 0.1) is 5.82 Å². The number of carbonyl (C=O) groups is 1. The maximum atomic E-state index is 13.6. The number of carbonyl (C=O) groups excluding carboxylic acids is 1. The highest BCUT2D eigenvalue weighted by atomic mass is 19.1. The average Bonchev–Trinajstić information content (AvgIpc) is 2.95. The maximum Gasteiger partial charge on any atom is 0.310 e. The van der Waals surface area contributed by atoms with Crippen molar-refractivity contribution in [3.05, 3.63) is 59.6 Å². The molecule has 0 unspecified atom stereocenters. The number of methoxy groups -OCH3 is 1. The van der Waals surface area contributed by atoms with Gasteiger partial charge in [0, 0.05) is 17.0 Å². The topological polar surface area (TPSA) is 68.9 Å². The Hall–Kier alpha value is -3.02. The molecule has 0 atom stereocenters. The third-order valence-electron chi connectivity index (χ3n) is 3.59. The molecule has 0 radical (unpaired) electrons. The van der Waals surface area contributed by atoms with E-state index in [-0.39, 0.29) is 24.5 Å². The van der Waals surface area contributed by atoms with Gasteiger partial charge in [-0.15, -0.1) is 0 Å². The Morgan fingerprint density at radius 3 is 2.83 bits per heavy atom. The van der Waals surface area contributed by atoms with Crippen LogP contribution in [0.2, 0.25) is 0 Å². The van der Waals surface area contributed by atoms with Crippen molar-refractivity contribution < 1.29 is 28.2 Å². The number of fused-ring (bicyclic) bond motifs is 1. The molecule has 0 aliphatic heterocycles. The van der Waals surface area contributed by atoms with E-state index in [1.165, 1.54) is 37.6 Å². The highest BCUT2D eigenvalue weighted by molar-refractivity contribution is 5.86. The van der Waals surface area contributed by atoms with Gasteiger partial charge in [0.2, 0.25) is 0 Å². The highest BCUT2D eigenvalue weighted by Crippen LogP contribution is 2.25. The monoisotopic (exact) mass is 330 g/mol. The van der Waals surface area contributed by atoms with Crippen molar-refractivity contribution in [1.29, 1.82) is 0 Å². The molecule has 0 fully saturated rings. The normalized spacial score (nSPS) is 10.8. The van der Waals surface area contributed by atoms with Gasteiger partial charge in [0.25, 0.3) is 0 Å². The number of phenols is 1. The molecule has 5 nitrogen and oxygen atoms in total. The third kappa shape index (κ3) is 3.32. The van der Waals surface area contributed by atoms with Crippen LogP contribution < -0.4 is 4.74 Å². The summed E-state index contributed by atoms with van der Waals surface area (Å²) < 4.78 is 28.9. The van der Waals surface area contributed by atoms with Gasteiger partial charge in [-0.25, -0.2) is 4.39 Å². The van der Waals surface area contributed by atoms with E-state index in [1.54, 1.807) is 12.1 Å². The minimum absolute atomic E-state index is 0.0242. The Labute approximate surface area is 137 Å². The average molecular weight is 330 g/mol. The van der Waals surface area contributed by atoms with Crippen LogP contribution in [0.4, 0.5) is 4.39 Å². The number of benzene rings is 2. The van der Waals surface area contributed by atoms with Crippen LogP contribution in [0.3, 0.4) is 0 Å². The first-order chi connectivity index (χ1) is 11.6. The Bertz CT molecular complexity index is 884. The molecule has 0 aliphatic carbocycles. The molecule has 0 amide bonds. The first-order valence-electron chi connectivity index (χ1n) is 7.24. The molecule has 24 heavy (non-hydrogen) atoms. The van der Waals surface area contributed by atoms with E-state index >= 15 is 0 Å². The molecule has 0 saturated carbocycles. The number of halogens is 1. The lowest BCUT2D eigenvalue weighted by atomic mass is 10.1. The second-order valence-electron chi connectivity index (χ2n) is 5.25. The lowest BCUT2D eigenvalue weighted by molar-refractivity contribution is -0.144. The zero-order valence-electron chi connectivity index (χ0n) is 12.9. The van der Waals surface area contributed by atoms with Gasteiger partial charge in [-0.2, -0.15) is 0 Å². The fraction of sp³-hybridized carbons (Fsp3) is 0.167. The van der Waals surface area contributed by atoms with E-state index in [1.807, 2.05) is 0 Å². The number of hydrogen-bond donors (Lipinski definition) is 1. The molecule has 2 aromatic carbocycles. The molecule has 3 rings (SSSR count). The number of hydrogen-bond acceptors (Lipinski definition) is 5. The smallest absolute Gasteiger partial charge is 0.310 e. The molecule has 0 bridgehead atoms. The number of furan rings is 1. The molecular formula is C18H15FO5. The Morgan fingerprint density at radius 1 is 1.25 bits per heavy atom. The highest BCUT2D eigenvalue weighted by Gasteiger charge is 2.12. The van der Waals surface area contributed by atoms with Gasteiger partial charge in [0.1, 0.15) is 17.9 Å². The van der Waals surface area contributed by atoms with Gasteiger partial charge >= 0.3 is 5.97 Å². The Kier molecular flexibility index (Phi) is 4.37. The van der Waals surface area contributed by atoms with Crippen LogP contribution in [0.15, 0.2) is 47.1 Å². The fourth-order valence-corrected chi connectivity index (χ4v) is 2.38. The van der Waals surface area contributed by atoms with E-state index in [9.17, 15) is 14.3 Å². The van der Waals surface area contributed by atoms with Crippen LogP contribution in [-0.4, -0.2) is 18.2 Å². The standard InChI is InChI=1S/C18H15FO5/c1-22-16-5-2-11(6-15(16)19)9-24-18(21)7-12-10-23-17-8-13(20)3-4-14(12)17/h2-6,8,10,20H,7,9H2,1H3. The summed E-state index contributed by atoms with van der Waals surface area (Å²) in [6, 6.07) is 9.05. The maximum absolute atomic E-state index is 13.6. The van der Waals surface area contributed by atoms with E-state index in [0.717, 1.165) is 5.39 Å². The summed E-state index contributed by atoms with van der Waals surface area (Å²) >= 11 is 0. The van der Waals surface area contributed by atoms with E-state index in [4.69, 9.17) is 13.9 Å². The van der Waals surface area contributed by atoms with Gasteiger partial charge in [0.15, 0.2) is 11.6 Å². The first-order valence-corrected chi connectivity index (χ1v) is 7.24. The van der Waals surface area contributed by atoms with Crippen molar-refractivity contribution in [2.24, 2.45) is 0 Å². The summed E-state index contributed by atoms with van der Waals surface area (Å²) in [5.74, 6) is -0.737. The molecule has 0 spiro atoms. The third-order valence-corrected chi connectivity index (χ3v) is 3.59. The first kappa shape index (κ1) is 15.9. The van der Waals surface area contributed by atoms with Crippen molar-refractivity contribution >= 4 is 16.9 Å². The minimum Gasteiger partial charge on any atom is -0.508 e. The molecule has 1 N–H and O–H groups in total. The van der Waals surface area contributed by atoms with Crippen LogP contribution in [0.5, 0.6) is 11.5 Å². The van der Waals surface area contributed by atoms with Crippen LogP contribution in [-0.2, 0) is 22.6 Å². The number of phenolic OH excluding ortho intramolecular Hbond substituents is 1. The molecule has 3 aromatic rings. The quantitative estimate of drug-likeness (QED) is 0.724. The number of ether oxygens (including phenoxy) is 2. The molecule has 1 aromatic heterocycles. The zero-order valence-corrected chi connectivity index (χ0v) is 12.9.